The zero-order chi connectivity index (χ0) is 23.8. The van der Waals surface area contributed by atoms with E-state index in [-0.39, 0.29) is 35.8 Å². The van der Waals surface area contributed by atoms with Crippen molar-refractivity contribution < 1.29 is 23.4 Å². The van der Waals surface area contributed by atoms with E-state index in [1.165, 1.54) is 23.2 Å². The largest absolute Gasteiger partial charge is 0.505 e. The minimum atomic E-state index is -3.04. The van der Waals surface area contributed by atoms with Gasteiger partial charge < -0.3 is 20.5 Å². The number of pyridine rings is 1. The summed E-state index contributed by atoms with van der Waals surface area (Å²) in [4.78, 5) is 18.3. The van der Waals surface area contributed by atoms with Gasteiger partial charge in [-0.2, -0.15) is 8.78 Å². The summed E-state index contributed by atoms with van der Waals surface area (Å²) >= 11 is 0. The topological polar surface area (TPSA) is 111 Å². The number of alkyl halides is 2. The lowest BCUT2D eigenvalue weighted by Crippen LogP contribution is -2.62. The standard InChI is InChI=1S/C23H27F2N5O3/c1-22(12-19(31)30(21(26)29-22)15-8-10-33-11-9-15)16-4-3-5-17(20(16)32)28-14-6-7-18(27-13-14)23(2,24)25/h3-7,13,15,28,32H,8-12H2,1-2H3,(H2,26,29)/t22-/m0/s1. The summed E-state index contributed by atoms with van der Waals surface area (Å²) in [5.74, 6) is -3.33. The molecule has 0 aliphatic carbocycles. The van der Waals surface area contributed by atoms with Gasteiger partial charge in [-0.25, -0.2) is 0 Å². The third-order valence-electron chi connectivity index (χ3n) is 6.09. The number of carbonyl (C=O) groups excluding carboxylic acids is 1. The SMILES string of the molecule is CC(F)(F)c1ccc(Nc2cccc([C@]3(C)CC(=O)N(C4CCOCC4)C(=N)N3)c2O)cn1. The molecule has 2 fully saturated rings. The molecule has 2 aliphatic rings. The molecule has 0 unspecified atom stereocenters. The van der Waals surface area contributed by atoms with E-state index < -0.39 is 11.5 Å². The summed E-state index contributed by atoms with van der Waals surface area (Å²) in [6.07, 6.45) is 2.68. The van der Waals surface area contributed by atoms with Crippen LogP contribution in [0, 0.1) is 5.41 Å². The summed E-state index contributed by atoms with van der Waals surface area (Å²) in [5, 5.41) is 25.6. The number of aromatic hydroxyl groups is 1. The number of hydrogen-bond acceptors (Lipinski definition) is 6. The Hall–Kier alpha value is -3.27. The van der Waals surface area contributed by atoms with Crippen LogP contribution in [0.25, 0.3) is 0 Å². The van der Waals surface area contributed by atoms with Gasteiger partial charge in [-0.1, -0.05) is 12.1 Å². The molecule has 1 aromatic carbocycles. The first kappa shape index (κ1) is 22.9. The molecular weight excluding hydrogens is 432 g/mol. The Morgan fingerprint density at radius 2 is 2.03 bits per heavy atom. The number of hydrogen-bond donors (Lipinski definition) is 4. The monoisotopic (exact) mass is 459 g/mol. The first-order valence-corrected chi connectivity index (χ1v) is 10.8. The number of guanidine groups is 1. The average molecular weight is 459 g/mol. The molecule has 1 atom stereocenters. The number of amides is 1. The number of nitrogens with one attached hydrogen (secondary N) is 3. The number of nitrogens with zero attached hydrogens (tertiary/aromatic N) is 2. The molecule has 4 N–H and O–H groups in total. The third-order valence-corrected chi connectivity index (χ3v) is 6.09. The number of ether oxygens (including phenoxy) is 1. The zero-order valence-electron chi connectivity index (χ0n) is 18.5. The molecule has 0 radical (unpaired) electrons. The third kappa shape index (κ3) is 4.61. The molecule has 4 rings (SSSR count). The molecule has 10 heteroatoms. The van der Waals surface area contributed by atoms with E-state index in [4.69, 9.17) is 10.1 Å². The van der Waals surface area contributed by atoms with Crippen molar-refractivity contribution in [3.05, 3.63) is 47.8 Å². The van der Waals surface area contributed by atoms with Gasteiger partial charge in [-0.3, -0.25) is 20.1 Å². The molecule has 0 spiro atoms. The van der Waals surface area contributed by atoms with Gasteiger partial charge in [0, 0.05) is 31.7 Å². The van der Waals surface area contributed by atoms with Crippen LogP contribution in [-0.2, 0) is 21.0 Å². The molecule has 0 bridgehead atoms. The first-order valence-electron chi connectivity index (χ1n) is 10.8. The highest BCUT2D eigenvalue weighted by atomic mass is 19.3. The summed E-state index contributed by atoms with van der Waals surface area (Å²) in [5.41, 5.74) is -0.145. The molecule has 33 heavy (non-hydrogen) atoms. The van der Waals surface area contributed by atoms with Crippen LogP contribution >= 0.6 is 0 Å². The van der Waals surface area contributed by atoms with E-state index in [0.717, 1.165) is 6.92 Å². The molecule has 1 amide bonds. The summed E-state index contributed by atoms with van der Waals surface area (Å²) < 4.78 is 32.2. The van der Waals surface area contributed by atoms with E-state index in [1.54, 1.807) is 25.1 Å². The zero-order valence-corrected chi connectivity index (χ0v) is 18.5. The van der Waals surface area contributed by atoms with Gasteiger partial charge in [0.25, 0.3) is 5.92 Å². The number of rotatable bonds is 5. The molecule has 1 aromatic heterocycles. The van der Waals surface area contributed by atoms with Gasteiger partial charge in [-0.15, -0.1) is 0 Å². The highest BCUT2D eigenvalue weighted by molar-refractivity contribution is 5.99. The maximum Gasteiger partial charge on any atom is 0.286 e. The van der Waals surface area contributed by atoms with Gasteiger partial charge in [0.15, 0.2) is 5.96 Å². The lowest BCUT2D eigenvalue weighted by Gasteiger charge is -2.44. The molecular formula is C23H27F2N5O3. The van der Waals surface area contributed by atoms with Crippen molar-refractivity contribution in [2.75, 3.05) is 18.5 Å². The second-order valence-corrected chi connectivity index (χ2v) is 8.74. The molecule has 2 aliphatic heterocycles. The molecule has 0 saturated carbocycles. The fraction of sp³-hybridized carbons (Fsp3) is 0.435. The van der Waals surface area contributed by atoms with E-state index in [0.29, 0.717) is 43.0 Å². The Bertz CT molecular complexity index is 1030. The van der Waals surface area contributed by atoms with Crippen molar-refractivity contribution in [2.45, 2.75) is 50.6 Å². The first-order chi connectivity index (χ1) is 15.6. The number of aromatic nitrogens is 1. The highest BCUT2D eigenvalue weighted by Gasteiger charge is 2.43. The fourth-order valence-electron chi connectivity index (χ4n) is 4.34. The second kappa shape index (κ2) is 8.58. The Morgan fingerprint density at radius 3 is 2.64 bits per heavy atom. The van der Waals surface area contributed by atoms with Crippen LogP contribution in [0.2, 0.25) is 0 Å². The Balaban J connectivity index is 1.55. The Labute approximate surface area is 190 Å². The van der Waals surface area contributed by atoms with Crippen LogP contribution in [0.15, 0.2) is 36.5 Å². The van der Waals surface area contributed by atoms with E-state index in [1.807, 2.05) is 0 Å². The van der Waals surface area contributed by atoms with Crippen LogP contribution in [0.1, 0.15) is 44.4 Å². The van der Waals surface area contributed by atoms with Crippen molar-refractivity contribution >= 4 is 23.2 Å². The van der Waals surface area contributed by atoms with Crippen molar-refractivity contribution in [3.8, 4) is 5.75 Å². The number of carbonyl (C=O) groups is 1. The Morgan fingerprint density at radius 1 is 1.30 bits per heavy atom. The predicted molar refractivity (Wildman–Crippen MR) is 119 cm³/mol. The minimum absolute atomic E-state index is 0.00121. The highest BCUT2D eigenvalue weighted by Crippen LogP contribution is 2.40. The smallest absolute Gasteiger partial charge is 0.286 e. The number of benzene rings is 1. The second-order valence-electron chi connectivity index (χ2n) is 8.74. The molecule has 3 heterocycles. The van der Waals surface area contributed by atoms with Crippen LogP contribution in [0.3, 0.4) is 0 Å². The van der Waals surface area contributed by atoms with E-state index in [2.05, 4.69) is 15.6 Å². The summed E-state index contributed by atoms with van der Waals surface area (Å²) in [6.45, 7) is 3.65. The minimum Gasteiger partial charge on any atom is -0.505 e. The maximum atomic E-state index is 13.4. The lowest BCUT2D eigenvalue weighted by molar-refractivity contribution is -0.133. The summed E-state index contributed by atoms with van der Waals surface area (Å²) in [6, 6.07) is 7.63. The normalized spacial score (nSPS) is 22.2. The number of phenolic OH excluding ortho intramolecular Hbond substituents is 1. The lowest BCUT2D eigenvalue weighted by atomic mass is 9.85. The predicted octanol–water partition coefficient (Wildman–Crippen LogP) is 3.79. The van der Waals surface area contributed by atoms with Gasteiger partial charge in [0.05, 0.1) is 29.5 Å². The van der Waals surface area contributed by atoms with Gasteiger partial charge in [0.1, 0.15) is 11.4 Å². The number of phenols is 1. The molecule has 8 nitrogen and oxygen atoms in total. The number of para-hydroxylation sites is 1. The van der Waals surface area contributed by atoms with Gasteiger partial charge in [-0.05, 0) is 38.0 Å². The maximum absolute atomic E-state index is 13.4. The van der Waals surface area contributed by atoms with E-state index >= 15 is 0 Å². The molecule has 2 aromatic rings. The van der Waals surface area contributed by atoms with Crippen molar-refractivity contribution in [1.82, 2.24) is 15.2 Å². The van der Waals surface area contributed by atoms with Crippen LogP contribution in [0.5, 0.6) is 5.75 Å². The molecule has 176 valence electrons. The average Bonchev–Trinajstić information content (AvgIpc) is 2.75. The van der Waals surface area contributed by atoms with Crippen LogP contribution in [-0.4, -0.2) is 46.1 Å². The molecule has 2 saturated heterocycles. The van der Waals surface area contributed by atoms with E-state index in [9.17, 15) is 18.7 Å². The van der Waals surface area contributed by atoms with Crippen molar-refractivity contribution in [1.29, 1.82) is 5.41 Å². The Kier molecular flexibility index (Phi) is 5.96. The van der Waals surface area contributed by atoms with Crippen LogP contribution in [0.4, 0.5) is 20.2 Å². The summed E-state index contributed by atoms with van der Waals surface area (Å²) in [7, 11) is 0. The van der Waals surface area contributed by atoms with Gasteiger partial charge >= 0.3 is 0 Å². The van der Waals surface area contributed by atoms with Crippen molar-refractivity contribution in [3.63, 3.8) is 0 Å². The van der Waals surface area contributed by atoms with Crippen LogP contribution < -0.4 is 10.6 Å². The fourth-order valence-corrected chi connectivity index (χ4v) is 4.34. The van der Waals surface area contributed by atoms with Crippen molar-refractivity contribution in [2.24, 2.45) is 0 Å². The number of anilines is 2. The quantitative estimate of drug-likeness (QED) is 0.507. The van der Waals surface area contributed by atoms with Gasteiger partial charge in [0.2, 0.25) is 5.91 Å². The number of halogens is 2.